The molecule has 0 saturated heterocycles. The third-order valence-electron chi connectivity index (χ3n) is 3.68. The SMILES string of the molecule is Cc1cc(C)c(C)c(S(=O)(=O)NCCc2ncn[nH]2)c1C. The van der Waals surface area contributed by atoms with Gasteiger partial charge in [0.1, 0.15) is 12.2 Å². The Morgan fingerprint density at radius 2 is 1.76 bits per heavy atom. The standard InChI is InChI=1S/C14H20N4O2S/c1-9-7-10(2)12(4)14(11(9)3)21(19,20)17-6-5-13-15-8-16-18-13/h7-8,17H,5-6H2,1-4H3,(H,15,16,18). The smallest absolute Gasteiger partial charge is 0.241 e. The van der Waals surface area contributed by atoms with Crippen molar-refractivity contribution in [1.82, 2.24) is 19.9 Å². The van der Waals surface area contributed by atoms with E-state index in [9.17, 15) is 8.42 Å². The zero-order valence-electron chi connectivity index (χ0n) is 12.7. The number of aromatic nitrogens is 3. The molecule has 0 amide bonds. The fourth-order valence-corrected chi connectivity index (χ4v) is 3.95. The van der Waals surface area contributed by atoms with Gasteiger partial charge in [0.2, 0.25) is 10.0 Å². The number of sulfonamides is 1. The highest BCUT2D eigenvalue weighted by Crippen LogP contribution is 2.25. The monoisotopic (exact) mass is 308 g/mol. The van der Waals surface area contributed by atoms with E-state index in [1.807, 2.05) is 33.8 Å². The van der Waals surface area contributed by atoms with Gasteiger partial charge in [0.05, 0.1) is 4.90 Å². The Kier molecular flexibility index (Phi) is 4.43. The van der Waals surface area contributed by atoms with Crippen molar-refractivity contribution in [1.29, 1.82) is 0 Å². The minimum absolute atomic E-state index is 0.281. The van der Waals surface area contributed by atoms with E-state index in [4.69, 9.17) is 0 Å². The van der Waals surface area contributed by atoms with E-state index in [0.717, 1.165) is 22.3 Å². The number of aromatic amines is 1. The van der Waals surface area contributed by atoms with E-state index >= 15 is 0 Å². The predicted octanol–water partition coefficient (Wildman–Crippen LogP) is 1.56. The second kappa shape index (κ2) is 5.95. The van der Waals surface area contributed by atoms with Gasteiger partial charge in [-0.05, 0) is 49.9 Å². The van der Waals surface area contributed by atoms with E-state index in [2.05, 4.69) is 19.9 Å². The van der Waals surface area contributed by atoms with Gasteiger partial charge in [0, 0.05) is 13.0 Å². The van der Waals surface area contributed by atoms with Gasteiger partial charge in [-0.3, -0.25) is 5.10 Å². The lowest BCUT2D eigenvalue weighted by Crippen LogP contribution is -2.28. The predicted molar refractivity (Wildman–Crippen MR) is 80.7 cm³/mol. The molecule has 114 valence electrons. The summed E-state index contributed by atoms with van der Waals surface area (Å²) in [6.45, 7) is 7.81. The van der Waals surface area contributed by atoms with Crippen molar-refractivity contribution < 1.29 is 8.42 Å². The van der Waals surface area contributed by atoms with Gasteiger partial charge in [0.15, 0.2) is 0 Å². The summed E-state index contributed by atoms with van der Waals surface area (Å²) in [6, 6.07) is 2.01. The quantitative estimate of drug-likeness (QED) is 0.877. The summed E-state index contributed by atoms with van der Waals surface area (Å²) in [6.07, 6.45) is 1.88. The normalized spacial score (nSPS) is 11.8. The van der Waals surface area contributed by atoms with Crippen LogP contribution in [0.25, 0.3) is 0 Å². The molecule has 0 saturated carbocycles. The lowest BCUT2D eigenvalue weighted by atomic mass is 10.0. The summed E-state index contributed by atoms with van der Waals surface area (Å²) in [5.41, 5.74) is 3.55. The molecular formula is C14H20N4O2S. The number of rotatable bonds is 5. The lowest BCUT2D eigenvalue weighted by molar-refractivity contribution is 0.579. The molecule has 2 rings (SSSR count). The maximum atomic E-state index is 12.5. The summed E-state index contributed by atoms with van der Waals surface area (Å²) in [5.74, 6) is 0.659. The van der Waals surface area contributed by atoms with Crippen LogP contribution in [0, 0.1) is 27.7 Å². The van der Waals surface area contributed by atoms with E-state index in [1.165, 1.54) is 6.33 Å². The van der Waals surface area contributed by atoms with Crippen LogP contribution in [-0.2, 0) is 16.4 Å². The minimum Gasteiger partial charge on any atom is -0.263 e. The highest BCUT2D eigenvalue weighted by atomic mass is 32.2. The molecule has 0 fully saturated rings. The van der Waals surface area contributed by atoms with Crippen LogP contribution in [0.1, 0.15) is 28.1 Å². The van der Waals surface area contributed by atoms with Crippen LogP contribution in [0.2, 0.25) is 0 Å². The number of benzene rings is 1. The Morgan fingerprint density at radius 3 is 2.29 bits per heavy atom. The van der Waals surface area contributed by atoms with Crippen LogP contribution in [0.15, 0.2) is 17.3 Å². The van der Waals surface area contributed by atoms with E-state index < -0.39 is 10.0 Å². The maximum absolute atomic E-state index is 12.5. The van der Waals surface area contributed by atoms with Crippen molar-refractivity contribution >= 4 is 10.0 Å². The molecule has 0 atom stereocenters. The van der Waals surface area contributed by atoms with Crippen molar-refractivity contribution in [2.24, 2.45) is 0 Å². The number of hydrogen-bond acceptors (Lipinski definition) is 4. The number of nitrogens with zero attached hydrogens (tertiary/aromatic N) is 2. The molecule has 1 aromatic carbocycles. The second-order valence-electron chi connectivity index (χ2n) is 5.17. The molecule has 0 bridgehead atoms. The Morgan fingerprint density at radius 1 is 1.14 bits per heavy atom. The van der Waals surface area contributed by atoms with Gasteiger partial charge in [0.25, 0.3) is 0 Å². The molecule has 0 unspecified atom stereocenters. The first kappa shape index (κ1) is 15.7. The van der Waals surface area contributed by atoms with Crippen molar-refractivity contribution in [3.05, 3.63) is 40.5 Å². The van der Waals surface area contributed by atoms with Crippen LogP contribution < -0.4 is 4.72 Å². The van der Waals surface area contributed by atoms with Crippen LogP contribution in [0.3, 0.4) is 0 Å². The van der Waals surface area contributed by atoms with Gasteiger partial charge in [-0.25, -0.2) is 18.1 Å². The second-order valence-corrected chi connectivity index (χ2v) is 6.87. The molecule has 0 spiro atoms. The first-order valence-electron chi connectivity index (χ1n) is 6.74. The Bertz CT molecular complexity index is 711. The largest absolute Gasteiger partial charge is 0.263 e. The molecule has 6 nitrogen and oxygen atoms in total. The summed E-state index contributed by atoms with van der Waals surface area (Å²) in [4.78, 5) is 4.36. The highest BCUT2D eigenvalue weighted by Gasteiger charge is 2.21. The molecule has 0 radical (unpaired) electrons. The van der Waals surface area contributed by atoms with Crippen molar-refractivity contribution in [3.63, 3.8) is 0 Å². The summed E-state index contributed by atoms with van der Waals surface area (Å²) in [7, 11) is -3.53. The van der Waals surface area contributed by atoms with E-state index in [-0.39, 0.29) is 6.54 Å². The van der Waals surface area contributed by atoms with Crippen molar-refractivity contribution in [2.45, 2.75) is 39.0 Å². The van der Waals surface area contributed by atoms with E-state index in [0.29, 0.717) is 17.1 Å². The third-order valence-corrected chi connectivity index (χ3v) is 5.42. The van der Waals surface area contributed by atoms with Gasteiger partial charge < -0.3 is 0 Å². The molecular weight excluding hydrogens is 288 g/mol. The van der Waals surface area contributed by atoms with Gasteiger partial charge in [-0.2, -0.15) is 5.10 Å². The topological polar surface area (TPSA) is 87.7 Å². The maximum Gasteiger partial charge on any atom is 0.241 e. The molecule has 21 heavy (non-hydrogen) atoms. The number of aryl methyl sites for hydroxylation is 2. The fourth-order valence-electron chi connectivity index (χ4n) is 2.31. The molecule has 7 heteroatoms. The minimum atomic E-state index is -3.53. The zero-order chi connectivity index (χ0) is 15.6. The van der Waals surface area contributed by atoms with Crippen molar-refractivity contribution in [3.8, 4) is 0 Å². The van der Waals surface area contributed by atoms with Crippen LogP contribution >= 0.6 is 0 Å². The van der Waals surface area contributed by atoms with Gasteiger partial charge >= 0.3 is 0 Å². The Hall–Kier alpha value is -1.73. The molecule has 0 aliphatic carbocycles. The van der Waals surface area contributed by atoms with Gasteiger partial charge in [-0.1, -0.05) is 6.07 Å². The van der Waals surface area contributed by atoms with Crippen LogP contribution in [0.5, 0.6) is 0 Å². The molecule has 0 aliphatic heterocycles. The fraction of sp³-hybridized carbons (Fsp3) is 0.429. The molecule has 0 aliphatic rings. The summed E-state index contributed by atoms with van der Waals surface area (Å²) in [5, 5.41) is 6.44. The van der Waals surface area contributed by atoms with Crippen molar-refractivity contribution in [2.75, 3.05) is 6.54 Å². The van der Waals surface area contributed by atoms with Crippen LogP contribution in [0.4, 0.5) is 0 Å². The summed E-state index contributed by atoms with van der Waals surface area (Å²) < 4.78 is 27.7. The average molecular weight is 308 g/mol. The zero-order valence-corrected chi connectivity index (χ0v) is 13.5. The molecule has 2 N–H and O–H groups in total. The molecule has 1 heterocycles. The first-order chi connectivity index (χ1) is 9.83. The first-order valence-corrected chi connectivity index (χ1v) is 8.22. The molecule has 2 aromatic rings. The molecule has 1 aromatic heterocycles. The van der Waals surface area contributed by atoms with E-state index in [1.54, 1.807) is 0 Å². The average Bonchev–Trinajstić information content (AvgIpc) is 2.89. The van der Waals surface area contributed by atoms with Gasteiger partial charge in [-0.15, -0.1) is 0 Å². The Labute approximate surface area is 125 Å². The number of nitrogens with one attached hydrogen (secondary N) is 2. The highest BCUT2D eigenvalue weighted by molar-refractivity contribution is 7.89. The Balaban J connectivity index is 2.23. The summed E-state index contributed by atoms with van der Waals surface area (Å²) >= 11 is 0. The van der Waals surface area contributed by atoms with Crippen LogP contribution in [-0.4, -0.2) is 30.1 Å². The lowest BCUT2D eigenvalue weighted by Gasteiger charge is -2.16. The third kappa shape index (κ3) is 3.30. The number of hydrogen-bond donors (Lipinski definition) is 2. The number of H-pyrrole nitrogens is 1.